The van der Waals surface area contributed by atoms with Crippen molar-refractivity contribution in [2.75, 3.05) is 11.5 Å². The number of hydrogen-bond acceptors (Lipinski definition) is 7. The Morgan fingerprint density at radius 2 is 2.10 bits per heavy atom. The quantitative estimate of drug-likeness (QED) is 0.878. The van der Waals surface area contributed by atoms with E-state index in [9.17, 15) is 8.42 Å². The van der Waals surface area contributed by atoms with E-state index in [0.717, 1.165) is 32.1 Å². The molecular weight excluding hydrogens is 334 g/mol. The Morgan fingerprint density at radius 3 is 2.71 bits per heavy atom. The second kappa shape index (κ2) is 6.44. The average Bonchev–Trinajstić information content (AvgIpc) is 3.07. The molecule has 3 rings (SSSR count). The summed E-state index contributed by atoms with van der Waals surface area (Å²) in [4.78, 5) is 4.39. The molecule has 0 aromatic carbocycles. The Kier molecular flexibility index (Phi) is 5.23. The zero-order valence-electron chi connectivity index (χ0n) is 11.7. The molecule has 120 valence electrons. The first-order valence-corrected chi connectivity index (χ1v) is 9.78. The fourth-order valence-corrected chi connectivity index (χ4v) is 6.31. The van der Waals surface area contributed by atoms with Crippen LogP contribution in [0.2, 0.25) is 0 Å². The van der Waals surface area contributed by atoms with Gasteiger partial charge in [0.05, 0.1) is 22.8 Å². The van der Waals surface area contributed by atoms with Gasteiger partial charge in [-0.15, -0.1) is 24.2 Å². The van der Waals surface area contributed by atoms with Gasteiger partial charge in [-0.05, 0) is 19.3 Å². The highest BCUT2D eigenvalue weighted by Crippen LogP contribution is 2.35. The molecule has 1 saturated heterocycles. The van der Waals surface area contributed by atoms with Crippen LogP contribution >= 0.6 is 24.2 Å². The molecule has 1 aliphatic carbocycles. The number of thioether (sulfide) groups is 1. The van der Waals surface area contributed by atoms with Crippen LogP contribution in [-0.4, -0.2) is 35.3 Å². The van der Waals surface area contributed by atoms with Crippen LogP contribution < -0.4 is 5.73 Å². The predicted molar refractivity (Wildman–Crippen MR) is 84.2 cm³/mol. The summed E-state index contributed by atoms with van der Waals surface area (Å²) in [5, 5.41) is 4.15. The molecule has 0 radical (unpaired) electrons. The van der Waals surface area contributed by atoms with Crippen LogP contribution in [0.4, 0.5) is 0 Å². The number of hydrogen-bond donors (Lipinski definition) is 1. The number of aromatic nitrogens is 2. The van der Waals surface area contributed by atoms with Crippen molar-refractivity contribution in [2.45, 2.75) is 48.6 Å². The van der Waals surface area contributed by atoms with Gasteiger partial charge in [0.2, 0.25) is 5.89 Å². The summed E-state index contributed by atoms with van der Waals surface area (Å²) in [7, 11) is -2.83. The first-order valence-electron chi connectivity index (χ1n) is 6.91. The van der Waals surface area contributed by atoms with Gasteiger partial charge in [0.1, 0.15) is 0 Å². The van der Waals surface area contributed by atoms with Crippen molar-refractivity contribution < 1.29 is 12.9 Å². The van der Waals surface area contributed by atoms with E-state index in [2.05, 4.69) is 10.1 Å². The number of sulfone groups is 1. The zero-order valence-corrected chi connectivity index (χ0v) is 14.1. The summed E-state index contributed by atoms with van der Waals surface area (Å²) >= 11 is 1.58. The monoisotopic (exact) mass is 353 g/mol. The molecule has 21 heavy (non-hydrogen) atoms. The van der Waals surface area contributed by atoms with Crippen LogP contribution in [-0.2, 0) is 21.1 Å². The van der Waals surface area contributed by atoms with Gasteiger partial charge in [0.15, 0.2) is 15.7 Å². The van der Waals surface area contributed by atoms with Gasteiger partial charge >= 0.3 is 0 Å². The van der Waals surface area contributed by atoms with E-state index < -0.39 is 15.4 Å². The van der Waals surface area contributed by atoms with Crippen LogP contribution in [0, 0.1) is 0 Å². The number of rotatable bonds is 4. The highest BCUT2D eigenvalue weighted by atomic mass is 35.5. The van der Waals surface area contributed by atoms with Crippen LogP contribution in [0.3, 0.4) is 0 Å². The van der Waals surface area contributed by atoms with E-state index in [1.807, 2.05) is 0 Å². The molecule has 1 saturated carbocycles. The van der Waals surface area contributed by atoms with E-state index in [-0.39, 0.29) is 23.4 Å². The minimum absolute atomic E-state index is 0. The molecule has 1 aliphatic heterocycles. The normalized spacial score (nSPS) is 26.6. The van der Waals surface area contributed by atoms with E-state index in [1.165, 1.54) is 0 Å². The molecular formula is C12H20ClN3O3S2. The fraction of sp³-hybridized carbons (Fsp3) is 0.833. The third-order valence-corrected chi connectivity index (χ3v) is 7.31. The summed E-state index contributed by atoms with van der Waals surface area (Å²) in [5.41, 5.74) is 5.85. The summed E-state index contributed by atoms with van der Waals surface area (Å²) in [5.74, 6) is 2.27. The second-order valence-electron chi connectivity index (χ2n) is 5.71. The van der Waals surface area contributed by atoms with Gasteiger partial charge in [-0.1, -0.05) is 18.0 Å². The fourth-order valence-electron chi connectivity index (χ4n) is 2.83. The van der Waals surface area contributed by atoms with Gasteiger partial charge in [-0.2, -0.15) is 4.98 Å². The molecule has 6 nitrogen and oxygen atoms in total. The number of nitrogens with two attached hydrogens (primary N) is 1. The van der Waals surface area contributed by atoms with Crippen molar-refractivity contribution in [3.8, 4) is 0 Å². The highest BCUT2D eigenvalue weighted by molar-refractivity contribution is 8.01. The van der Waals surface area contributed by atoms with Crippen molar-refractivity contribution in [3.05, 3.63) is 11.7 Å². The van der Waals surface area contributed by atoms with Gasteiger partial charge in [0.25, 0.3) is 0 Å². The minimum Gasteiger partial charge on any atom is -0.338 e. The number of nitrogens with zero attached hydrogens (tertiary/aromatic N) is 2. The maximum absolute atomic E-state index is 11.4. The maximum atomic E-state index is 11.4. The van der Waals surface area contributed by atoms with Crippen molar-refractivity contribution in [3.63, 3.8) is 0 Å². The van der Waals surface area contributed by atoms with Crippen molar-refractivity contribution in [1.82, 2.24) is 10.1 Å². The Bertz CT molecular complexity index is 584. The van der Waals surface area contributed by atoms with E-state index in [4.69, 9.17) is 10.3 Å². The van der Waals surface area contributed by atoms with Gasteiger partial charge in [0, 0.05) is 5.25 Å². The highest BCUT2D eigenvalue weighted by Gasteiger charge is 2.36. The van der Waals surface area contributed by atoms with Gasteiger partial charge in [-0.25, -0.2) is 8.42 Å². The molecule has 0 spiro atoms. The molecule has 1 aromatic heterocycles. The first-order chi connectivity index (χ1) is 9.47. The molecule has 2 heterocycles. The SMILES string of the molecule is Cl.NC1(c2noc(CSC3CCS(=O)(=O)C3)n2)CCCC1. The van der Waals surface area contributed by atoms with Crippen LogP contribution in [0.25, 0.3) is 0 Å². The average molecular weight is 354 g/mol. The first kappa shape index (κ1) is 17.1. The van der Waals surface area contributed by atoms with Gasteiger partial charge in [-0.3, -0.25) is 0 Å². The third kappa shape index (κ3) is 3.91. The Hall–Kier alpha value is -0.310. The van der Waals surface area contributed by atoms with Crippen LogP contribution in [0.1, 0.15) is 43.8 Å². The molecule has 1 atom stereocenters. The van der Waals surface area contributed by atoms with Crippen molar-refractivity contribution in [1.29, 1.82) is 0 Å². The molecule has 2 fully saturated rings. The molecule has 1 unspecified atom stereocenters. The smallest absolute Gasteiger partial charge is 0.236 e. The summed E-state index contributed by atoms with van der Waals surface area (Å²) in [6.07, 6.45) is 4.74. The van der Waals surface area contributed by atoms with E-state index >= 15 is 0 Å². The van der Waals surface area contributed by atoms with Crippen LogP contribution in [0.15, 0.2) is 4.52 Å². The minimum atomic E-state index is -2.83. The largest absolute Gasteiger partial charge is 0.338 e. The van der Waals surface area contributed by atoms with E-state index in [0.29, 0.717) is 23.2 Å². The molecule has 9 heteroatoms. The predicted octanol–water partition coefficient (Wildman–Crippen LogP) is 1.64. The lowest BCUT2D eigenvalue weighted by molar-refractivity contribution is 0.355. The molecule has 2 N–H and O–H groups in total. The van der Waals surface area contributed by atoms with E-state index in [1.54, 1.807) is 11.8 Å². The van der Waals surface area contributed by atoms with Crippen LogP contribution in [0.5, 0.6) is 0 Å². The Balaban J connectivity index is 0.00000161. The van der Waals surface area contributed by atoms with Gasteiger partial charge < -0.3 is 10.3 Å². The molecule has 1 aromatic rings. The molecule has 0 bridgehead atoms. The molecule has 2 aliphatic rings. The summed E-state index contributed by atoms with van der Waals surface area (Å²) in [6.45, 7) is 0. The topological polar surface area (TPSA) is 99.1 Å². The lowest BCUT2D eigenvalue weighted by Gasteiger charge is -2.17. The summed E-state index contributed by atoms with van der Waals surface area (Å²) < 4.78 is 28.0. The lowest BCUT2D eigenvalue weighted by atomic mass is 9.99. The molecule has 0 amide bonds. The Morgan fingerprint density at radius 1 is 1.38 bits per heavy atom. The van der Waals surface area contributed by atoms with Crippen molar-refractivity contribution in [2.24, 2.45) is 5.73 Å². The third-order valence-electron chi connectivity index (χ3n) is 4.04. The Labute approximate surface area is 134 Å². The lowest BCUT2D eigenvalue weighted by Crippen LogP contribution is -2.34. The zero-order chi connectivity index (χ0) is 14.2. The second-order valence-corrected chi connectivity index (χ2v) is 9.23. The summed E-state index contributed by atoms with van der Waals surface area (Å²) in [6, 6.07) is 0. The number of halogens is 1. The standard InChI is InChI=1S/C12H19N3O3S2.ClH/c13-12(4-1-2-5-12)11-14-10(18-15-11)7-19-9-3-6-20(16,17)8-9;/h9H,1-8,13H2;1H. The maximum Gasteiger partial charge on any atom is 0.236 e. The van der Waals surface area contributed by atoms with Crippen molar-refractivity contribution >= 4 is 34.0 Å².